The standard InChI is InChI=1S/C10H14N5O7P.C6H11NO4/c11-8-5-9(13-2-12-8)15(3-14-5)10-6(17)7(4(1-16)21-10)22-23(18,19)20;1-3(8)5(6(10)11)7-4(2)9/h2-4,6-7,10,16-17H,1H2,(H2,11,12,13)(H2,18,19,20);3,5,8H,1-2H3,(H,7,9)(H,10,11)/t4-,6-,7-,10-;3-,5+/m11/s1. The summed E-state index contributed by atoms with van der Waals surface area (Å²) in [7, 11) is -4.88. The summed E-state index contributed by atoms with van der Waals surface area (Å²) in [5.74, 6) is -1.59. The number of amides is 1. The van der Waals surface area contributed by atoms with Crippen LogP contribution in [-0.2, 0) is 23.4 Å². The lowest BCUT2D eigenvalue weighted by molar-refractivity contribution is -0.144. The Morgan fingerprint density at radius 2 is 2.00 bits per heavy atom. The summed E-state index contributed by atoms with van der Waals surface area (Å²) < 4.78 is 22.3. The van der Waals surface area contributed by atoms with Gasteiger partial charge in [0.25, 0.3) is 0 Å². The first-order valence-electron chi connectivity index (χ1n) is 9.56. The Kier molecular flexibility index (Phi) is 8.98. The molecule has 9 N–H and O–H groups in total. The highest BCUT2D eigenvalue weighted by atomic mass is 31.2. The summed E-state index contributed by atoms with van der Waals surface area (Å²) in [6.07, 6.45) is -3.77. The molecule has 0 radical (unpaired) electrons. The van der Waals surface area contributed by atoms with Crippen LogP contribution in [0.15, 0.2) is 12.7 Å². The molecule has 17 nitrogen and oxygen atoms in total. The number of nitrogens with one attached hydrogen (secondary N) is 1. The lowest BCUT2D eigenvalue weighted by Crippen LogP contribution is -2.46. The average molecular weight is 508 g/mol. The maximum Gasteiger partial charge on any atom is 0.470 e. The zero-order chi connectivity index (χ0) is 25.8. The highest BCUT2D eigenvalue weighted by molar-refractivity contribution is 7.46. The van der Waals surface area contributed by atoms with Gasteiger partial charge in [-0.3, -0.25) is 13.9 Å². The number of anilines is 1. The molecule has 0 aliphatic carbocycles. The van der Waals surface area contributed by atoms with Gasteiger partial charge in [0.15, 0.2) is 23.7 Å². The third kappa shape index (κ3) is 6.64. The van der Waals surface area contributed by atoms with Crippen LogP contribution < -0.4 is 11.1 Å². The van der Waals surface area contributed by atoms with E-state index in [0.29, 0.717) is 0 Å². The summed E-state index contributed by atoms with van der Waals surface area (Å²) in [5.41, 5.74) is 6.21. The first-order chi connectivity index (χ1) is 15.8. The van der Waals surface area contributed by atoms with Crippen molar-refractivity contribution in [1.82, 2.24) is 24.8 Å². The van der Waals surface area contributed by atoms with Crippen molar-refractivity contribution >= 4 is 36.7 Å². The average Bonchev–Trinajstić information content (AvgIpc) is 3.27. The van der Waals surface area contributed by atoms with Gasteiger partial charge in [-0.15, -0.1) is 0 Å². The molecule has 3 rings (SSSR count). The predicted octanol–water partition coefficient (Wildman–Crippen LogP) is -2.91. The predicted molar refractivity (Wildman–Crippen MR) is 111 cm³/mol. The van der Waals surface area contributed by atoms with E-state index in [9.17, 15) is 24.4 Å². The molecular formula is C16H25N6O11P. The molecular weight excluding hydrogens is 483 g/mol. The number of hydrogen-bond acceptors (Lipinski definition) is 12. The number of phosphoric ester groups is 1. The number of aromatic nitrogens is 4. The van der Waals surface area contributed by atoms with Gasteiger partial charge in [0.2, 0.25) is 5.91 Å². The van der Waals surface area contributed by atoms with Crippen LogP contribution in [0.1, 0.15) is 20.1 Å². The monoisotopic (exact) mass is 508 g/mol. The van der Waals surface area contributed by atoms with Crippen LogP contribution in [0.5, 0.6) is 0 Å². The summed E-state index contributed by atoms with van der Waals surface area (Å²) in [4.78, 5) is 50.3. The van der Waals surface area contributed by atoms with E-state index in [1.807, 2.05) is 0 Å². The van der Waals surface area contributed by atoms with Crippen molar-refractivity contribution < 1.29 is 53.6 Å². The molecule has 1 aliphatic heterocycles. The summed E-state index contributed by atoms with van der Waals surface area (Å²) >= 11 is 0. The van der Waals surface area contributed by atoms with Crippen LogP contribution in [0.2, 0.25) is 0 Å². The Bertz CT molecular complexity index is 1060. The fourth-order valence-corrected chi connectivity index (χ4v) is 3.63. The van der Waals surface area contributed by atoms with Gasteiger partial charge in [-0.25, -0.2) is 24.3 Å². The van der Waals surface area contributed by atoms with Crippen molar-refractivity contribution in [1.29, 1.82) is 0 Å². The third-order valence-corrected chi connectivity index (χ3v) is 5.03. The van der Waals surface area contributed by atoms with Crippen molar-refractivity contribution in [2.75, 3.05) is 12.3 Å². The number of carbonyl (C=O) groups is 2. The van der Waals surface area contributed by atoms with Gasteiger partial charge in [-0.05, 0) is 6.92 Å². The molecule has 0 unspecified atom stereocenters. The number of nitrogen functional groups attached to an aromatic ring is 1. The Balaban J connectivity index is 0.000000316. The minimum absolute atomic E-state index is 0.128. The largest absolute Gasteiger partial charge is 0.480 e. The lowest BCUT2D eigenvalue weighted by atomic mass is 10.1. The number of aliphatic hydroxyl groups excluding tert-OH is 3. The summed E-state index contributed by atoms with van der Waals surface area (Å²) in [6, 6.07) is -1.22. The molecule has 34 heavy (non-hydrogen) atoms. The Hall–Kier alpha value is -2.76. The SMILES string of the molecule is CC(=O)N[C@H](C(=O)O)[C@@H](C)O.Nc1ncnc2c1ncn2[C@@H]1O[C@H](CO)[C@@H](OP(=O)(O)O)[C@H]1O. The number of nitrogens with zero attached hydrogens (tertiary/aromatic N) is 4. The molecule has 1 saturated heterocycles. The van der Waals surface area contributed by atoms with E-state index in [0.717, 1.165) is 0 Å². The van der Waals surface area contributed by atoms with Crippen LogP contribution in [0.4, 0.5) is 5.82 Å². The maximum absolute atomic E-state index is 11.0. The smallest absolute Gasteiger partial charge is 0.470 e. The van der Waals surface area contributed by atoms with Crippen molar-refractivity contribution in [2.45, 2.75) is 50.5 Å². The molecule has 2 aromatic heterocycles. The molecule has 0 saturated carbocycles. The third-order valence-electron chi connectivity index (χ3n) is 4.52. The fraction of sp³-hybridized carbons (Fsp3) is 0.562. The van der Waals surface area contributed by atoms with Gasteiger partial charge in [0, 0.05) is 6.92 Å². The van der Waals surface area contributed by atoms with E-state index < -0.39 is 63.0 Å². The van der Waals surface area contributed by atoms with Crippen molar-refractivity contribution in [3.05, 3.63) is 12.7 Å². The Labute approximate surface area is 191 Å². The van der Waals surface area contributed by atoms with Crippen molar-refractivity contribution in [3.8, 4) is 0 Å². The second-order valence-corrected chi connectivity index (χ2v) is 8.33. The molecule has 0 bridgehead atoms. The molecule has 0 spiro atoms. The highest BCUT2D eigenvalue weighted by Crippen LogP contribution is 2.44. The van der Waals surface area contributed by atoms with E-state index in [1.165, 1.54) is 31.1 Å². The van der Waals surface area contributed by atoms with Crippen LogP contribution in [0.3, 0.4) is 0 Å². The number of phosphoric acid groups is 1. The van der Waals surface area contributed by atoms with E-state index in [1.54, 1.807) is 0 Å². The minimum Gasteiger partial charge on any atom is -0.480 e. The van der Waals surface area contributed by atoms with Crippen molar-refractivity contribution in [2.24, 2.45) is 0 Å². The van der Waals surface area contributed by atoms with Crippen LogP contribution >= 0.6 is 7.82 Å². The molecule has 1 aliphatic rings. The number of carbonyl (C=O) groups excluding carboxylic acids is 1. The van der Waals surface area contributed by atoms with Crippen LogP contribution in [0.25, 0.3) is 11.2 Å². The molecule has 2 aromatic rings. The molecule has 190 valence electrons. The number of imidazole rings is 1. The van der Waals surface area contributed by atoms with Gasteiger partial charge in [0.05, 0.1) is 19.0 Å². The molecule has 6 atom stereocenters. The number of ether oxygens (including phenoxy) is 1. The summed E-state index contributed by atoms with van der Waals surface area (Å²) in [6.45, 7) is 1.88. The Morgan fingerprint density at radius 1 is 1.35 bits per heavy atom. The quantitative estimate of drug-likeness (QED) is 0.174. The van der Waals surface area contributed by atoms with Gasteiger partial charge < -0.3 is 46.0 Å². The number of carboxylic acids is 1. The van der Waals surface area contributed by atoms with Gasteiger partial charge in [-0.1, -0.05) is 0 Å². The Morgan fingerprint density at radius 3 is 2.47 bits per heavy atom. The van der Waals surface area contributed by atoms with E-state index in [2.05, 4.69) is 24.8 Å². The number of nitrogens with two attached hydrogens (primary N) is 1. The van der Waals surface area contributed by atoms with Crippen molar-refractivity contribution in [3.63, 3.8) is 0 Å². The first-order valence-corrected chi connectivity index (χ1v) is 11.1. The summed E-state index contributed by atoms with van der Waals surface area (Å²) in [5, 5.41) is 38.9. The molecule has 3 heterocycles. The lowest BCUT2D eigenvalue weighted by Gasteiger charge is -2.19. The van der Waals surface area contributed by atoms with E-state index in [-0.39, 0.29) is 17.0 Å². The topological polar surface area (TPSA) is 273 Å². The number of hydrogen-bond donors (Lipinski definition) is 8. The highest BCUT2D eigenvalue weighted by Gasteiger charge is 2.48. The maximum atomic E-state index is 11.0. The number of rotatable bonds is 7. The normalized spacial score (nSPS) is 24.2. The van der Waals surface area contributed by atoms with Gasteiger partial charge in [0.1, 0.15) is 30.2 Å². The van der Waals surface area contributed by atoms with Crippen LogP contribution in [-0.4, -0.2) is 98.7 Å². The number of fused-ring (bicyclic) bond motifs is 1. The zero-order valence-electron chi connectivity index (χ0n) is 17.9. The fourth-order valence-electron chi connectivity index (χ4n) is 3.05. The van der Waals surface area contributed by atoms with Gasteiger partial charge >= 0.3 is 13.8 Å². The number of aliphatic hydroxyl groups is 3. The van der Waals surface area contributed by atoms with Crippen LogP contribution in [0, 0.1) is 0 Å². The minimum atomic E-state index is -4.88. The second kappa shape index (κ2) is 11.1. The number of aliphatic carboxylic acids is 1. The molecule has 18 heteroatoms. The zero-order valence-corrected chi connectivity index (χ0v) is 18.8. The number of carboxylic acid groups (broad SMARTS) is 1. The van der Waals surface area contributed by atoms with E-state index in [4.69, 9.17) is 30.5 Å². The van der Waals surface area contributed by atoms with Gasteiger partial charge in [-0.2, -0.15) is 0 Å². The first kappa shape index (κ1) is 27.5. The molecule has 1 amide bonds. The second-order valence-electron chi connectivity index (χ2n) is 7.14. The van der Waals surface area contributed by atoms with E-state index >= 15 is 0 Å². The molecule has 1 fully saturated rings. The molecule has 0 aromatic carbocycles.